The third kappa shape index (κ3) is 5.50. The average Bonchev–Trinajstić information content (AvgIpc) is 2.68. The number of nitrogens with zero attached hydrogens (tertiary/aromatic N) is 1. The summed E-state index contributed by atoms with van der Waals surface area (Å²) >= 11 is 0. The molecule has 0 spiro atoms. The van der Waals surface area contributed by atoms with Crippen molar-refractivity contribution in [3.8, 4) is 0 Å². The van der Waals surface area contributed by atoms with Crippen LogP contribution in [0.2, 0.25) is 0 Å². The minimum atomic E-state index is -0.151. The van der Waals surface area contributed by atoms with Crippen LogP contribution in [0.3, 0.4) is 0 Å². The molecule has 0 unspecified atom stereocenters. The highest BCUT2D eigenvalue weighted by Crippen LogP contribution is 2.28. The predicted octanol–water partition coefficient (Wildman–Crippen LogP) is 3.64. The first-order valence-corrected chi connectivity index (χ1v) is 6.42. The van der Waals surface area contributed by atoms with Crippen molar-refractivity contribution in [3.05, 3.63) is 0 Å². The molecule has 1 aliphatic rings. The lowest BCUT2D eigenvalue weighted by Gasteiger charge is -2.27. The zero-order chi connectivity index (χ0) is 11.1. The van der Waals surface area contributed by atoms with Gasteiger partial charge in [-0.2, -0.15) is 0 Å². The van der Waals surface area contributed by atoms with Crippen LogP contribution in [0.5, 0.6) is 0 Å². The Morgan fingerprint density at radius 2 is 1.73 bits per heavy atom. The lowest BCUT2D eigenvalue weighted by molar-refractivity contribution is 0.229. The van der Waals surface area contributed by atoms with E-state index in [2.05, 4.69) is 18.7 Å². The van der Waals surface area contributed by atoms with Crippen molar-refractivity contribution in [2.45, 2.75) is 52.4 Å². The summed E-state index contributed by atoms with van der Waals surface area (Å²) in [5.74, 6) is 0. The summed E-state index contributed by atoms with van der Waals surface area (Å²) in [6.07, 6.45) is 6.98. The van der Waals surface area contributed by atoms with E-state index in [1.165, 1.54) is 45.3 Å². The molecule has 90 valence electrons. The van der Waals surface area contributed by atoms with Crippen LogP contribution in [0.4, 0.5) is 4.39 Å². The Bertz CT molecular complexity index is 162. The van der Waals surface area contributed by atoms with E-state index in [0.29, 0.717) is 5.41 Å². The van der Waals surface area contributed by atoms with Gasteiger partial charge in [0.2, 0.25) is 0 Å². The maximum absolute atomic E-state index is 12.0. The molecule has 0 atom stereocenters. The van der Waals surface area contributed by atoms with E-state index in [9.17, 15) is 4.39 Å². The lowest BCUT2D eigenvalue weighted by atomic mass is 9.84. The Morgan fingerprint density at radius 1 is 1.07 bits per heavy atom. The van der Waals surface area contributed by atoms with Crippen molar-refractivity contribution < 1.29 is 4.39 Å². The van der Waals surface area contributed by atoms with Crippen molar-refractivity contribution >= 4 is 0 Å². The van der Waals surface area contributed by atoms with Crippen LogP contribution in [0.15, 0.2) is 0 Å². The summed E-state index contributed by atoms with van der Waals surface area (Å²) in [4.78, 5) is 2.57. The topological polar surface area (TPSA) is 3.24 Å². The van der Waals surface area contributed by atoms with E-state index in [0.717, 1.165) is 12.8 Å². The first kappa shape index (κ1) is 13.0. The zero-order valence-electron chi connectivity index (χ0n) is 10.4. The minimum absolute atomic E-state index is 0.151. The molecule has 1 aliphatic heterocycles. The normalized spacial score (nSPS) is 18.6. The first-order chi connectivity index (χ1) is 7.14. The van der Waals surface area contributed by atoms with Crippen LogP contribution < -0.4 is 0 Å². The zero-order valence-corrected chi connectivity index (χ0v) is 10.4. The number of hydrogen-bond acceptors (Lipinski definition) is 1. The second-order valence-corrected chi connectivity index (χ2v) is 5.61. The van der Waals surface area contributed by atoms with Gasteiger partial charge in [0.05, 0.1) is 6.67 Å². The van der Waals surface area contributed by atoms with Crippen molar-refractivity contribution in [1.82, 2.24) is 4.90 Å². The molecule has 1 nitrogen and oxygen atoms in total. The molecule has 0 radical (unpaired) electrons. The molecule has 2 heteroatoms. The predicted molar refractivity (Wildman–Crippen MR) is 63.9 cm³/mol. The fraction of sp³-hybridized carbons (Fsp3) is 1.00. The molecular formula is C13H26FN. The number of hydrogen-bond donors (Lipinski definition) is 0. The van der Waals surface area contributed by atoms with Gasteiger partial charge in [0, 0.05) is 0 Å². The molecule has 1 fully saturated rings. The Balaban J connectivity index is 2.10. The third-order valence-electron chi connectivity index (χ3n) is 3.54. The number of rotatable bonds is 7. The summed E-state index contributed by atoms with van der Waals surface area (Å²) < 4.78 is 12.0. The SMILES string of the molecule is CC(C)(CCCCF)CCN1CCCC1. The molecule has 0 aliphatic carbocycles. The standard InChI is InChI=1S/C13H26FN/c1-13(2,7-3-4-9-14)8-12-15-10-5-6-11-15/h3-12H2,1-2H3. The number of likely N-dealkylation sites (tertiary alicyclic amines) is 1. The van der Waals surface area contributed by atoms with Gasteiger partial charge >= 0.3 is 0 Å². The van der Waals surface area contributed by atoms with Gasteiger partial charge in [-0.1, -0.05) is 20.3 Å². The monoisotopic (exact) mass is 215 g/mol. The molecular weight excluding hydrogens is 189 g/mol. The van der Waals surface area contributed by atoms with E-state index in [4.69, 9.17) is 0 Å². The average molecular weight is 215 g/mol. The van der Waals surface area contributed by atoms with E-state index >= 15 is 0 Å². The largest absolute Gasteiger partial charge is 0.303 e. The van der Waals surface area contributed by atoms with Crippen LogP contribution in [-0.4, -0.2) is 31.2 Å². The molecule has 0 aromatic heterocycles. The maximum Gasteiger partial charge on any atom is 0.0894 e. The number of unbranched alkanes of at least 4 members (excludes halogenated alkanes) is 1. The van der Waals surface area contributed by atoms with Crippen LogP contribution in [-0.2, 0) is 0 Å². The second-order valence-electron chi connectivity index (χ2n) is 5.61. The van der Waals surface area contributed by atoms with E-state index in [1.54, 1.807) is 0 Å². The quantitative estimate of drug-likeness (QED) is 0.586. The first-order valence-electron chi connectivity index (χ1n) is 6.42. The van der Waals surface area contributed by atoms with Gasteiger partial charge in [-0.25, -0.2) is 0 Å². The Morgan fingerprint density at radius 3 is 2.33 bits per heavy atom. The Labute approximate surface area is 94.0 Å². The van der Waals surface area contributed by atoms with E-state index in [1.807, 2.05) is 0 Å². The van der Waals surface area contributed by atoms with Crippen molar-refractivity contribution in [2.24, 2.45) is 5.41 Å². The van der Waals surface area contributed by atoms with Gasteiger partial charge in [-0.15, -0.1) is 0 Å². The van der Waals surface area contributed by atoms with Crippen molar-refractivity contribution in [1.29, 1.82) is 0 Å². The summed E-state index contributed by atoms with van der Waals surface area (Å²) in [6.45, 7) is 8.31. The molecule has 1 rings (SSSR count). The summed E-state index contributed by atoms with van der Waals surface area (Å²) in [5, 5.41) is 0. The van der Waals surface area contributed by atoms with Gasteiger partial charge < -0.3 is 4.90 Å². The van der Waals surface area contributed by atoms with Crippen molar-refractivity contribution in [3.63, 3.8) is 0 Å². The molecule has 1 heterocycles. The fourth-order valence-corrected chi connectivity index (χ4v) is 2.29. The van der Waals surface area contributed by atoms with Gasteiger partial charge in [0.25, 0.3) is 0 Å². The van der Waals surface area contributed by atoms with Gasteiger partial charge in [-0.3, -0.25) is 4.39 Å². The number of alkyl halides is 1. The Hall–Kier alpha value is -0.110. The highest BCUT2D eigenvalue weighted by molar-refractivity contribution is 4.73. The van der Waals surface area contributed by atoms with Crippen LogP contribution in [0, 0.1) is 5.41 Å². The highest BCUT2D eigenvalue weighted by atomic mass is 19.1. The summed E-state index contributed by atoms with van der Waals surface area (Å²) in [6, 6.07) is 0. The highest BCUT2D eigenvalue weighted by Gasteiger charge is 2.20. The molecule has 0 bridgehead atoms. The van der Waals surface area contributed by atoms with E-state index < -0.39 is 0 Å². The molecule has 0 amide bonds. The van der Waals surface area contributed by atoms with Crippen LogP contribution in [0.1, 0.15) is 52.4 Å². The van der Waals surface area contributed by atoms with E-state index in [-0.39, 0.29) is 6.67 Å². The smallest absolute Gasteiger partial charge is 0.0894 e. The van der Waals surface area contributed by atoms with Crippen LogP contribution >= 0.6 is 0 Å². The molecule has 1 saturated heterocycles. The molecule has 0 aromatic rings. The number of halogens is 1. The van der Waals surface area contributed by atoms with Gasteiger partial charge in [-0.05, 0) is 57.2 Å². The molecule has 0 aromatic carbocycles. The maximum atomic E-state index is 12.0. The van der Waals surface area contributed by atoms with Crippen molar-refractivity contribution in [2.75, 3.05) is 26.3 Å². The minimum Gasteiger partial charge on any atom is -0.303 e. The lowest BCUT2D eigenvalue weighted by Crippen LogP contribution is -2.25. The van der Waals surface area contributed by atoms with Gasteiger partial charge in [0.1, 0.15) is 0 Å². The van der Waals surface area contributed by atoms with Gasteiger partial charge in [0.15, 0.2) is 0 Å². The third-order valence-corrected chi connectivity index (χ3v) is 3.54. The molecule has 15 heavy (non-hydrogen) atoms. The summed E-state index contributed by atoms with van der Waals surface area (Å²) in [7, 11) is 0. The molecule has 0 saturated carbocycles. The second kappa shape index (κ2) is 6.47. The fourth-order valence-electron chi connectivity index (χ4n) is 2.29. The molecule has 0 N–H and O–H groups in total. The summed E-state index contributed by atoms with van der Waals surface area (Å²) in [5.41, 5.74) is 0.401. The Kier molecular flexibility index (Phi) is 5.59. The van der Waals surface area contributed by atoms with Crippen LogP contribution in [0.25, 0.3) is 0 Å².